The van der Waals surface area contributed by atoms with Gasteiger partial charge >= 0.3 is 6.18 Å². The fourth-order valence-corrected chi connectivity index (χ4v) is 5.78. The van der Waals surface area contributed by atoms with Crippen molar-refractivity contribution in [2.45, 2.75) is 62.9 Å². The minimum Gasteiger partial charge on any atom is -0.385 e. The van der Waals surface area contributed by atoms with E-state index in [0.717, 1.165) is 55.1 Å². The number of alkyl halides is 3. The van der Waals surface area contributed by atoms with Gasteiger partial charge in [-0.3, -0.25) is 19.3 Å². The van der Waals surface area contributed by atoms with Crippen LogP contribution in [0.1, 0.15) is 69.5 Å². The molecule has 1 saturated heterocycles. The van der Waals surface area contributed by atoms with Crippen LogP contribution in [0.25, 0.3) is 0 Å². The third-order valence-corrected chi connectivity index (χ3v) is 8.15. The molecule has 41 heavy (non-hydrogen) atoms. The summed E-state index contributed by atoms with van der Waals surface area (Å²) in [5, 5.41) is 16.7. The summed E-state index contributed by atoms with van der Waals surface area (Å²) in [6.07, 6.45) is -1.05. The van der Waals surface area contributed by atoms with E-state index in [1.54, 1.807) is 20.2 Å². The van der Waals surface area contributed by atoms with E-state index in [4.69, 9.17) is 0 Å². The summed E-state index contributed by atoms with van der Waals surface area (Å²) in [7, 11) is 3.42. The van der Waals surface area contributed by atoms with Crippen LogP contribution in [0.5, 0.6) is 0 Å². The first-order chi connectivity index (χ1) is 19.3. The van der Waals surface area contributed by atoms with Crippen LogP contribution >= 0.6 is 0 Å². The van der Waals surface area contributed by atoms with E-state index in [-0.39, 0.29) is 30.1 Å². The molecule has 222 valence electrons. The van der Waals surface area contributed by atoms with Crippen molar-refractivity contribution < 1.29 is 32.7 Å². The number of benzene rings is 2. The summed E-state index contributed by atoms with van der Waals surface area (Å²) in [4.78, 5) is 40.9. The highest BCUT2D eigenvalue weighted by Crippen LogP contribution is 2.40. The summed E-state index contributed by atoms with van der Waals surface area (Å²) in [5.41, 5.74) is 0.239. The van der Waals surface area contributed by atoms with Gasteiger partial charge in [-0.2, -0.15) is 13.2 Å². The number of nitrogens with zero attached hydrogens (tertiary/aromatic N) is 2. The summed E-state index contributed by atoms with van der Waals surface area (Å²) in [5.74, 6) is -1.22. The van der Waals surface area contributed by atoms with E-state index in [0.29, 0.717) is 24.9 Å². The number of halogens is 3. The fourth-order valence-electron chi connectivity index (χ4n) is 5.78. The molecule has 0 aromatic heterocycles. The molecule has 1 aliphatic heterocycles. The van der Waals surface area contributed by atoms with Crippen LogP contribution in [0.15, 0.2) is 42.5 Å². The molecule has 0 unspecified atom stereocenters. The fraction of sp³-hybridized carbons (Fsp3) is 0.500. The zero-order valence-electron chi connectivity index (χ0n) is 23.6. The standard InChI is InChI=1S/C30H37F3N4O4/c1-19-15-21(7-8-25(19)28(40)36(2)3)29(41)12-9-24(10-13-29)37-14-11-23(18-37)35-26(38)17-34-27(39)20-5-4-6-22(16-20)30(31,32)33/h4-8,15-16,23-24,41H,9-14,17-18H2,1-3H3,(H,34,39)(H,35,38)/t23-,24?,29?/m1/s1. The van der Waals surface area contributed by atoms with Crippen LogP contribution < -0.4 is 10.6 Å². The van der Waals surface area contributed by atoms with Gasteiger partial charge in [0.2, 0.25) is 5.91 Å². The second kappa shape index (κ2) is 12.2. The second-order valence-electron chi connectivity index (χ2n) is 11.3. The molecule has 2 aromatic carbocycles. The van der Waals surface area contributed by atoms with E-state index < -0.39 is 29.2 Å². The number of carbonyl (C=O) groups is 3. The Morgan fingerprint density at radius 2 is 1.78 bits per heavy atom. The molecule has 0 bridgehead atoms. The third-order valence-electron chi connectivity index (χ3n) is 8.15. The van der Waals surface area contributed by atoms with Gasteiger partial charge in [0.25, 0.3) is 11.8 Å². The molecular formula is C30H37F3N4O4. The summed E-state index contributed by atoms with van der Waals surface area (Å²) in [6.45, 7) is 2.99. The van der Waals surface area contributed by atoms with Crippen molar-refractivity contribution in [1.29, 1.82) is 0 Å². The number of hydrogen-bond acceptors (Lipinski definition) is 5. The van der Waals surface area contributed by atoms with Gasteiger partial charge in [0, 0.05) is 50.4 Å². The maximum Gasteiger partial charge on any atom is 0.416 e. The predicted octanol–water partition coefficient (Wildman–Crippen LogP) is 3.47. The molecule has 2 aromatic rings. The van der Waals surface area contributed by atoms with Crippen molar-refractivity contribution in [1.82, 2.24) is 20.4 Å². The van der Waals surface area contributed by atoms with Crippen molar-refractivity contribution in [2.24, 2.45) is 0 Å². The van der Waals surface area contributed by atoms with Gasteiger partial charge in [0.05, 0.1) is 17.7 Å². The number of likely N-dealkylation sites (tertiary alicyclic amines) is 1. The number of rotatable bonds is 7. The Bertz CT molecular complexity index is 1290. The lowest BCUT2D eigenvalue weighted by Crippen LogP contribution is -2.45. The van der Waals surface area contributed by atoms with Gasteiger partial charge in [0.15, 0.2) is 0 Å². The van der Waals surface area contributed by atoms with Crippen LogP contribution in [0.4, 0.5) is 13.2 Å². The number of aliphatic hydroxyl groups is 1. The molecule has 11 heteroatoms. The molecule has 1 atom stereocenters. The molecule has 8 nitrogen and oxygen atoms in total. The van der Waals surface area contributed by atoms with E-state index in [2.05, 4.69) is 15.5 Å². The van der Waals surface area contributed by atoms with Crippen molar-refractivity contribution in [2.75, 3.05) is 33.7 Å². The highest BCUT2D eigenvalue weighted by Gasteiger charge is 2.39. The first-order valence-electron chi connectivity index (χ1n) is 13.8. The molecular weight excluding hydrogens is 537 g/mol. The van der Waals surface area contributed by atoms with Gasteiger partial charge in [-0.15, -0.1) is 0 Å². The normalized spacial score (nSPS) is 23.2. The maximum absolute atomic E-state index is 12.9. The molecule has 2 fully saturated rings. The molecule has 1 heterocycles. The van der Waals surface area contributed by atoms with Crippen LogP contribution in [0.3, 0.4) is 0 Å². The van der Waals surface area contributed by atoms with Crippen LogP contribution in [0, 0.1) is 6.92 Å². The lowest BCUT2D eigenvalue weighted by Gasteiger charge is -2.40. The van der Waals surface area contributed by atoms with Crippen molar-refractivity contribution >= 4 is 17.7 Å². The maximum atomic E-state index is 12.9. The Morgan fingerprint density at radius 3 is 2.41 bits per heavy atom. The Hall–Kier alpha value is -3.44. The summed E-state index contributed by atoms with van der Waals surface area (Å²) < 4.78 is 38.7. The van der Waals surface area contributed by atoms with Crippen molar-refractivity contribution in [3.8, 4) is 0 Å². The molecule has 3 N–H and O–H groups in total. The van der Waals surface area contributed by atoms with Gasteiger partial charge in [0.1, 0.15) is 0 Å². The lowest BCUT2D eigenvalue weighted by molar-refractivity contribution is -0.137. The quantitative estimate of drug-likeness (QED) is 0.470. The van der Waals surface area contributed by atoms with Gasteiger partial charge < -0.3 is 20.6 Å². The van der Waals surface area contributed by atoms with Crippen LogP contribution in [0.2, 0.25) is 0 Å². The zero-order chi connectivity index (χ0) is 29.9. The molecule has 1 saturated carbocycles. The molecule has 0 radical (unpaired) electrons. The third kappa shape index (κ3) is 7.26. The van der Waals surface area contributed by atoms with Crippen molar-refractivity contribution in [3.05, 3.63) is 70.3 Å². The number of aryl methyl sites for hydroxylation is 1. The molecule has 2 aliphatic rings. The zero-order valence-corrected chi connectivity index (χ0v) is 23.6. The minimum absolute atomic E-state index is 0.0708. The average Bonchev–Trinajstić information content (AvgIpc) is 3.39. The van der Waals surface area contributed by atoms with Gasteiger partial charge in [-0.05, 0) is 74.4 Å². The first kappa shape index (κ1) is 30.5. The van der Waals surface area contributed by atoms with Gasteiger partial charge in [-0.1, -0.05) is 18.2 Å². The van der Waals surface area contributed by atoms with E-state index in [1.807, 2.05) is 19.1 Å². The monoisotopic (exact) mass is 574 g/mol. The van der Waals surface area contributed by atoms with E-state index in [1.165, 1.54) is 11.0 Å². The number of nitrogens with one attached hydrogen (secondary N) is 2. The second-order valence-corrected chi connectivity index (χ2v) is 11.3. The van der Waals surface area contributed by atoms with E-state index >= 15 is 0 Å². The Balaban J connectivity index is 1.24. The highest BCUT2D eigenvalue weighted by atomic mass is 19.4. The number of amides is 3. The van der Waals surface area contributed by atoms with Crippen LogP contribution in [-0.4, -0.2) is 78.4 Å². The summed E-state index contributed by atoms with van der Waals surface area (Å²) >= 11 is 0. The number of carbonyl (C=O) groups excluding carboxylic acids is 3. The molecule has 4 rings (SSSR count). The van der Waals surface area contributed by atoms with Gasteiger partial charge in [-0.25, -0.2) is 0 Å². The molecule has 1 aliphatic carbocycles. The predicted molar refractivity (Wildman–Crippen MR) is 147 cm³/mol. The SMILES string of the molecule is Cc1cc(C2(O)CCC(N3CC[C@@H](NC(=O)CNC(=O)c4cccc(C(F)(F)F)c4)C3)CC2)ccc1C(=O)N(C)C. The molecule has 0 spiro atoms. The minimum atomic E-state index is -4.56. The van der Waals surface area contributed by atoms with Crippen molar-refractivity contribution in [3.63, 3.8) is 0 Å². The number of hydrogen-bond donors (Lipinski definition) is 3. The smallest absolute Gasteiger partial charge is 0.385 e. The highest BCUT2D eigenvalue weighted by molar-refractivity contribution is 5.96. The Morgan fingerprint density at radius 1 is 1.07 bits per heavy atom. The van der Waals surface area contributed by atoms with E-state index in [9.17, 15) is 32.7 Å². The first-order valence-corrected chi connectivity index (χ1v) is 13.8. The Kier molecular flexibility index (Phi) is 9.08. The largest absolute Gasteiger partial charge is 0.416 e. The molecule has 3 amide bonds. The lowest BCUT2D eigenvalue weighted by atomic mass is 9.76. The van der Waals surface area contributed by atoms with Crippen LogP contribution in [-0.2, 0) is 16.6 Å². The topological polar surface area (TPSA) is 102 Å². The summed E-state index contributed by atoms with van der Waals surface area (Å²) in [6, 6.07) is 9.78. The average molecular weight is 575 g/mol. The Labute approximate surface area is 237 Å².